The molecule has 3 aromatic rings. The van der Waals surface area contributed by atoms with Gasteiger partial charge in [-0.05, 0) is 36.1 Å². The van der Waals surface area contributed by atoms with Crippen molar-refractivity contribution in [2.75, 3.05) is 12.0 Å². The highest BCUT2D eigenvalue weighted by Gasteiger charge is 2.48. The number of aliphatic hydroxyl groups excluding tert-OH is 1. The maximum Gasteiger partial charge on any atom is 0.296 e. The number of amides is 1. The van der Waals surface area contributed by atoms with Crippen LogP contribution in [0.2, 0.25) is 0 Å². The fourth-order valence-corrected chi connectivity index (χ4v) is 5.35. The molecule has 0 saturated heterocycles. The Morgan fingerprint density at radius 3 is 2.63 bits per heavy atom. The minimum Gasteiger partial charge on any atom is -0.503 e. The van der Waals surface area contributed by atoms with Crippen molar-refractivity contribution in [2.24, 2.45) is 5.41 Å². The van der Waals surface area contributed by atoms with Crippen LogP contribution in [0.1, 0.15) is 37.3 Å². The van der Waals surface area contributed by atoms with E-state index in [-0.39, 0.29) is 11.4 Å². The number of rotatable bonds is 4. The molecule has 4 rings (SSSR count). The molecule has 0 fully saturated rings. The van der Waals surface area contributed by atoms with E-state index < -0.39 is 23.1 Å². The number of aryl methyl sites for hydroxylation is 1. The van der Waals surface area contributed by atoms with Crippen LogP contribution in [0, 0.1) is 12.3 Å². The fraction of sp³-hybridized carbons (Fsp3) is 0.318. The van der Waals surface area contributed by atoms with Crippen molar-refractivity contribution in [2.45, 2.75) is 33.7 Å². The molecule has 2 aromatic heterocycles. The smallest absolute Gasteiger partial charge is 0.296 e. The Hall–Kier alpha value is -2.71. The fourth-order valence-electron chi connectivity index (χ4n) is 3.52. The lowest BCUT2D eigenvalue weighted by Gasteiger charge is -2.26. The van der Waals surface area contributed by atoms with Gasteiger partial charge in [-0.3, -0.25) is 14.5 Å². The van der Waals surface area contributed by atoms with Gasteiger partial charge in [-0.2, -0.15) is 0 Å². The highest BCUT2D eigenvalue weighted by Crippen LogP contribution is 2.46. The maximum atomic E-state index is 13.2. The monoisotopic (exact) mass is 442 g/mol. The first-order chi connectivity index (χ1) is 14.1. The van der Waals surface area contributed by atoms with Crippen LogP contribution >= 0.6 is 22.7 Å². The minimum absolute atomic E-state index is 0.128. The molecule has 1 aromatic carbocycles. The van der Waals surface area contributed by atoms with Crippen molar-refractivity contribution in [3.05, 3.63) is 51.4 Å². The van der Waals surface area contributed by atoms with Gasteiger partial charge in [-0.25, -0.2) is 4.98 Å². The van der Waals surface area contributed by atoms with Crippen molar-refractivity contribution < 1.29 is 19.4 Å². The first-order valence-corrected chi connectivity index (χ1v) is 11.1. The van der Waals surface area contributed by atoms with E-state index in [9.17, 15) is 14.7 Å². The van der Waals surface area contributed by atoms with Crippen LogP contribution in [0.25, 0.3) is 10.2 Å². The summed E-state index contributed by atoms with van der Waals surface area (Å²) in [6.45, 7) is 7.27. The average Bonchev–Trinajstić information content (AvgIpc) is 3.38. The van der Waals surface area contributed by atoms with E-state index in [0.717, 1.165) is 26.4 Å². The molecular formula is C22H22N2O4S2. The standard InChI is InChI=1S/C22H22N2O4S2/c1-11-9-12-15(10-13(11)28-5)30-21(23-12)24-17(14-7-6-8-29-14)16(18(25)20(24)27)19(26)22(2,3)4/h6-10,17,25H,1-5H3. The number of hydrogen-bond acceptors (Lipinski definition) is 7. The molecule has 1 aliphatic rings. The summed E-state index contributed by atoms with van der Waals surface area (Å²) in [4.78, 5) is 33.2. The van der Waals surface area contributed by atoms with Crippen LogP contribution < -0.4 is 9.64 Å². The molecule has 1 amide bonds. The Kier molecular flexibility index (Phi) is 4.94. The molecule has 3 heterocycles. The number of ketones is 1. The number of anilines is 1. The van der Waals surface area contributed by atoms with E-state index >= 15 is 0 Å². The maximum absolute atomic E-state index is 13.2. The number of carbonyl (C=O) groups is 2. The molecule has 1 unspecified atom stereocenters. The molecule has 6 nitrogen and oxygen atoms in total. The third-order valence-corrected chi connectivity index (χ3v) is 6.99. The quantitative estimate of drug-likeness (QED) is 0.601. The molecular weight excluding hydrogens is 420 g/mol. The third kappa shape index (κ3) is 3.20. The summed E-state index contributed by atoms with van der Waals surface area (Å²) in [5.74, 6) is -0.622. The second kappa shape index (κ2) is 7.21. The molecule has 1 atom stereocenters. The van der Waals surface area contributed by atoms with Crippen LogP contribution in [-0.2, 0) is 9.59 Å². The number of carbonyl (C=O) groups excluding carboxylic acids is 2. The number of aromatic nitrogens is 1. The summed E-state index contributed by atoms with van der Waals surface area (Å²) >= 11 is 2.77. The van der Waals surface area contributed by atoms with Crippen molar-refractivity contribution in [3.8, 4) is 5.75 Å². The second-order valence-corrected chi connectivity index (χ2v) is 10.2. The summed E-state index contributed by atoms with van der Waals surface area (Å²) in [5.41, 5.74) is 1.06. The summed E-state index contributed by atoms with van der Waals surface area (Å²) < 4.78 is 6.26. The van der Waals surface area contributed by atoms with Gasteiger partial charge in [-0.15, -0.1) is 11.3 Å². The Morgan fingerprint density at radius 1 is 1.30 bits per heavy atom. The van der Waals surface area contributed by atoms with Gasteiger partial charge < -0.3 is 9.84 Å². The van der Waals surface area contributed by atoms with Crippen LogP contribution in [0.15, 0.2) is 41.0 Å². The summed E-state index contributed by atoms with van der Waals surface area (Å²) in [5, 5.41) is 13.0. The zero-order valence-electron chi connectivity index (χ0n) is 17.3. The van der Waals surface area contributed by atoms with Crippen LogP contribution in [-0.4, -0.2) is 28.9 Å². The minimum atomic E-state index is -0.743. The van der Waals surface area contributed by atoms with Crippen LogP contribution in [0.3, 0.4) is 0 Å². The van der Waals surface area contributed by atoms with Gasteiger partial charge in [-0.1, -0.05) is 38.2 Å². The molecule has 8 heteroatoms. The van der Waals surface area contributed by atoms with Gasteiger partial charge >= 0.3 is 0 Å². The Labute approximate surface area is 182 Å². The number of nitrogens with zero attached hydrogens (tertiary/aromatic N) is 2. The lowest BCUT2D eigenvalue weighted by molar-refractivity contribution is -0.123. The van der Waals surface area contributed by atoms with Gasteiger partial charge in [0.2, 0.25) is 0 Å². The van der Waals surface area contributed by atoms with Crippen LogP contribution in [0.5, 0.6) is 5.75 Å². The number of fused-ring (bicyclic) bond motifs is 1. The number of thiophene rings is 1. The Balaban J connectivity index is 1.88. The van der Waals surface area contributed by atoms with Gasteiger partial charge in [0.05, 0.1) is 22.9 Å². The molecule has 0 aliphatic carbocycles. The van der Waals surface area contributed by atoms with Crippen molar-refractivity contribution >= 4 is 49.7 Å². The normalized spacial score (nSPS) is 17.3. The third-order valence-electron chi connectivity index (χ3n) is 5.05. The zero-order chi connectivity index (χ0) is 21.8. The van der Waals surface area contributed by atoms with Gasteiger partial charge in [0.25, 0.3) is 5.91 Å². The van der Waals surface area contributed by atoms with E-state index in [1.165, 1.54) is 27.6 Å². The van der Waals surface area contributed by atoms with Gasteiger partial charge in [0, 0.05) is 10.3 Å². The predicted molar refractivity (Wildman–Crippen MR) is 120 cm³/mol. The molecule has 1 aliphatic heterocycles. The number of methoxy groups -OCH3 is 1. The summed E-state index contributed by atoms with van der Waals surface area (Å²) in [6.07, 6.45) is 0. The van der Waals surface area contributed by atoms with E-state index in [2.05, 4.69) is 4.98 Å². The van der Waals surface area contributed by atoms with E-state index in [0.29, 0.717) is 5.13 Å². The average molecular weight is 443 g/mol. The van der Waals surface area contributed by atoms with Gasteiger partial charge in [0.15, 0.2) is 16.7 Å². The summed E-state index contributed by atoms with van der Waals surface area (Å²) in [7, 11) is 1.61. The molecule has 0 saturated carbocycles. The molecule has 0 spiro atoms. The van der Waals surface area contributed by atoms with Crippen molar-refractivity contribution in [1.82, 2.24) is 4.98 Å². The lowest BCUT2D eigenvalue weighted by atomic mass is 9.83. The first-order valence-electron chi connectivity index (χ1n) is 9.43. The van der Waals surface area contributed by atoms with E-state index in [4.69, 9.17) is 4.74 Å². The topological polar surface area (TPSA) is 79.7 Å². The predicted octanol–water partition coefficient (Wildman–Crippen LogP) is 5.19. The molecule has 30 heavy (non-hydrogen) atoms. The molecule has 156 valence electrons. The molecule has 0 bridgehead atoms. The second-order valence-electron chi connectivity index (χ2n) is 8.22. The van der Waals surface area contributed by atoms with E-state index in [1.807, 2.05) is 36.6 Å². The number of Topliss-reactive ketones (excluding diaryl/α,β-unsaturated/α-hetero) is 1. The SMILES string of the molecule is COc1cc2sc(N3C(=O)C(O)=C(C(=O)C(C)(C)C)C3c3cccs3)nc2cc1C. The number of benzene rings is 1. The van der Waals surface area contributed by atoms with Crippen LogP contribution in [0.4, 0.5) is 5.13 Å². The molecule has 0 radical (unpaired) electrons. The summed E-state index contributed by atoms with van der Waals surface area (Å²) in [6, 6.07) is 6.83. The highest BCUT2D eigenvalue weighted by atomic mass is 32.1. The Morgan fingerprint density at radius 2 is 2.03 bits per heavy atom. The number of aliphatic hydroxyl groups is 1. The molecule has 1 N–H and O–H groups in total. The Bertz CT molecular complexity index is 1190. The number of thiazole rings is 1. The first kappa shape index (κ1) is 20.6. The number of hydrogen-bond donors (Lipinski definition) is 1. The lowest BCUT2D eigenvalue weighted by Crippen LogP contribution is -2.32. The number of ether oxygens (including phenoxy) is 1. The zero-order valence-corrected chi connectivity index (χ0v) is 19.0. The largest absolute Gasteiger partial charge is 0.503 e. The van der Waals surface area contributed by atoms with Gasteiger partial charge in [0.1, 0.15) is 11.8 Å². The van der Waals surface area contributed by atoms with Crippen molar-refractivity contribution in [1.29, 1.82) is 0 Å². The highest BCUT2D eigenvalue weighted by molar-refractivity contribution is 7.22. The van der Waals surface area contributed by atoms with Crippen molar-refractivity contribution in [3.63, 3.8) is 0 Å². The van der Waals surface area contributed by atoms with E-state index in [1.54, 1.807) is 27.9 Å².